The number of benzene rings is 1. The topological polar surface area (TPSA) is 61.8 Å². The smallest absolute Gasteiger partial charge is 0.0991 e. The molecule has 4 aliphatic rings. The molecule has 0 amide bonds. The number of aliphatic hydroxyl groups is 1. The van der Waals surface area contributed by atoms with Gasteiger partial charge in [0.2, 0.25) is 0 Å². The molecule has 0 radical (unpaired) electrons. The van der Waals surface area contributed by atoms with Gasteiger partial charge in [0.05, 0.1) is 35.3 Å². The minimum absolute atomic E-state index is 0.142. The molecule has 1 aromatic carbocycles. The Bertz CT molecular complexity index is 1180. The first kappa shape index (κ1) is 20.9. The van der Waals surface area contributed by atoms with Gasteiger partial charge in [-0.05, 0) is 109 Å². The van der Waals surface area contributed by atoms with E-state index < -0.39 is 0 Å². The number of aromatic nitrogens is 2. The summed E-state index contributed by atoms with van der Waals surface area (Å²) < 4.78 is 2.05. The van der Waals surface area contributed by atoms with Crippen molar-refractivity contribution in [1.82, 2.24) is 9.78 Å². The summed E-state index contributed by atoms with van der Waals surface area (Å²) in [5.74, 6) is 2.11. The summed E-state index contributed by atoms with van der Waals surface area (Å²) >= 11 is 0. The highest BCUT2D eigenvalue weighted by molar-refractivity contribution is 5.72. The first-order valence-corrected chi connectivity index (χ1v) is 12.6. The van der Waals surface area contributed by atoms with Crippen molar-refractivity contribution in [3.05, 3.63) is 65.5 Å². The first-order valence-electron chi connectivity index (χ1n) is 12.6. The molecule has 4 heteroatoms. The Labute approximate surface area is 196 Å². The highest BCUT2D eigenvalue weighted by Gasteiger charge is 2.57. The summed E-state index contributed by atoms with van der Waals surface area (Å²) in [5, 5.41) is 24.1. The Balaban J connectivity index is 1.32. The molecule has 1 aromatic heterocycles. The Morgan fingerprint density at radius 2 is 1.79 bits per heavy atom. The predicted molar refractivity (Wildman–Crippen MR) is 129 cm³/mol. The van der Waals surface area contributed by atoms with E-state index in [9.17, 15) is 5.11 Å². The largest absolute Gasteiger partial charge is 0.393 e. The van der Waals surface area contributed by atoms with Gasteiger partial charge in [0.15, 0.2) is 0 Å². The van der Waals surface area contributed by atoms with E-state index >= 15 is 0 Å². The van der Waals surface area contributed by atoms with Crippen LogP contribution >= 0.6 is 0 Å². The van der Waals surface area contributed by atoms with Crippen LogP contribution in [0.1, 0.15) is 70.1 Å². The van der Waals surface area contributed by atoms with Crippen molar-refractivity contribution in [3.63, 3.8) is 0 Å². The zero-order valence-corrected chi connectivity index (χ0v) is 19.7. The zero-order valence-electron chi connectivity index (χ0n) is 19.7. The predicted octanol–water partition coefficient (Wildman–Crippen LogP) is 6.06. The Morgan fingerprint density at radius 3 is 2.58 bits per heavy atom. The Hall–Kier alpha value is -2.64. The standard InChI is InChI=1S/C29H33N3O/c1-28-14-11-22(33)17-20(28)5-8-23-24-9-10-26(29(24,2)15-12-25(23)28)27-13-16-31-32(27)21-6-3-19(18-30)4-7-21/h3-7,10,13,16,22-25,33H,8-9,11-12,14-15,17H2,1-2H3/t22-,23-,24-,25-,28-,29-/m0/s1. The molecule has 1 heterocycles. The second-order valence-corrected chi connectivity index (χ2v) is 11.3. The lowest BCUT2D eigenvalue weighted by molar-refractivity contribution is -0.0239. The van der Waals surface area contributed by atoms with Gasteiger partial charge in [-0.2, -0.15) is 10.4 Å². The third-order valence-electron chi connectivity index (χ3n) is 9.82. The lowest BCUT2D eigenvalue weighted by Crippen LogP contribution is -2.49. The number of allylic oxidation sites excluding steroid dienone is 3. The van der Waals surface area contributed by atoms with Crippen LogP contribution in [0.5, 0.6) is 0 Å². The second-order valence-electron chi connectivity index (χ2n) is 11.3. The molecular weight excluding hydrogens is 406 g/mol. The molecule has 6 atom stereocenters. The lowest BCUT2D eigenvalue weighted by Gasteiger charge is -2.57. The number of hydrogen-bond donors (Lipinski definition) is 1. The van der Waals surface area contributed by atoms with E-state index in [0.717, 1.165) is 37.3 Å². The van der Waals surface area contributed by atoms with E-state index in [1.165, 1.54) is 36.1 Å². The molecule has 170 valence electrons. The molecule has 0 saturated heterocycles. The SMILES string of the molecule is C[C@]12CC[C@H](O)CC1=CC[C@@H]1[C@@H]2CC[C@]2(C)C(c3ccnn3-c3ccc(C#N)cc3)=CC[C@@H]12. The van der Waals surface area contributed by atoms with Crippen LogP contribution in [0.25, 0.3) is 11.3 Å². The van der Waals surface area contributed by atoms with Gasteiger partial charge in [-0.25, -0.2) is 4.68 Å². The second kappa shape index (κ2) is 7.43. The van der Waals surface area contributed by atoms with Crippen LogP contribution in [0, 0.1) is 39.9 Å². The molecule has 0 bridgehead atoms. The van der Waals surface area contributed by atoms with Crippen LogP contribution in [0.3, 0.4) is 0 Å². The van der Waals surface area contributed by atoms with E-state index in [1.807, 2.05) is 30.5 Å². The number of hydrogen-bond acceptors (Lipinski definition) is 3. The summed E-state index contributed by atoms with van der Waals surface area (Å²) in [6, 6.07) is 12.1. The highest BCUT2D eigenvalue weighted by Crippen LogP contribution is 2.66. The molecule has 0 spiro atoms. The Morgan fingerprint density at radius 1 is 1.00 bits per heavy atom. The minimum atomic E-state index is -0.142. The van der Waals surface area contributed by atoms with Crippen molar-refractivity contribution < 1.29 is 5.11 Å². The normalized spacial score (nSPS) is 37.3. The molecule has 1 N–H and O–H groups in total. The molecule has 0 unspecified atom stereocenters. The third kappa shape index (κ3) is 3.02. The van der Waals surface area contributed by atoms with E-state index in [0.29, 0.717) is 17.4 Å². The van der Waals surface area contributed by atoms with Gasteiger partial charge in [-0.15, -0.1) is 0 Å². The summed E-state index contributed by atoms with van der Waals surface area (Å²) in [5.41, 5.74) is 6.31. The highest BCUT2D eigenvalue weighted by atomic mass is 16.3. The van der Waals surface area contributed by atoms with Crippen molar-refractivity contribution in [2.45, 2.75) is 64.9 Å². The quantitative estimate of drug-likeness (QED) is 0.579. The average Bonchev–Trinajstić information content (AvgIpc) is 3.43. The van der Waals surface area contributed by atoms with Crippen LogP contribution in [-0.2, 0) is 0 Å². The monoisotopic (exact) mass is 439 g/mol. The molecule has 4 nitrogen and oxygen atoms in total. The number of aliphatic hydroxyl groups excluding tert-OH is 1. The first-order chi connectivity index (χ1) is 15.9. The fourth-order valence-electron chi connectivity index (χ4n) is 8.00. The molecule has 4 aliphatic carbocycles. The molecule has 2 saturated carbocycles. The van der Waals surface area contributed by atoms with Crippen LogP contribution < -0.4 is 0 Å². The van der Waals surface area contributed by atoms with E-state index in [1.54, 1.807) is 0 Å². The van der Waals surface area contributed by atoms with Crippen molar-refractivity contribution in [1.29, 1.82) is 5.26 Å². The van der Waals surface area contributed by atoms with Gasteiger partial charge in [-0.3, -0.25) is 0 Å². The van der Waals surface area contributed by atoms with Gasteiger partial charge < -0.3 is 5.11 Å². The van der Waals surface area contributed by atoms with Crippen molar-refractivity contribution in [3.8, 4) is 11.8 Å². The van der Waals surface area contributed by atoms with Crippen molar-refractivity contribution in [2.75, 3.05) is 0 Å². The molecule has 33 heavy (non-hydrogen) atoms. The average molecular weight is 440 g/mol. The molecule has 2 fully saturated rings. The van der Waals surface area contributed by atoms with Gasteiger partial charge in [-0.1, -0.05) is 31.6 Å². The number of nitrogens with zero attached hydrogens (tertiary/aromatic N) is 3. The maximum absolute atomic E-state index is 10.3. The molecule has 2 aromatic rings. The van der Waals surface area contributed by atoms with Gasteiger partial charge in [0.1, 0.15) is 0 Å². The fraction of sp³-hybridized carbons (Fsp3) is 0.517. The van der Waals surface area contributed by atoms with E-state index in [-0.39, 0.29) is 16.9 Å². The summed E-state index contributed by atoms with van der Waals surface area (Å²) in [6.07, 6.45) is 14.5. The molecule has 6 rings (SSSR count). The van der Waals surface area contributed by atoms with Crippen molar-refractivity contribution >= 4 is 5.57 Å². The number of nitriles is 1. The number of fused-ring (bicyclic) bond motifs is 5. The third-order valence-corrected chi connectivity index (χ3v) is 9.82. The maximum atomic E-state index is 10.3. The summed E-state index contributed by atoms with van der Waals surface area (Å²) in [7, 11) is 0. The number of rotatable bonds is 2. The minimum Gasteiger partial charge on any atom is -0.393 e. The molecular formula is C29H33N3O. The van der Waals surface area contributed by atoms with E-state index in [4.69, 9.17) is 5.26 Å². The fourth-order valence-corrected chi connectivity index (χ4v) is 8.00. The van der Waals surface area contributed by atoms with Gasteiger partial charge >= 0.3 is 0 Å². The van der Waals surface area contributed by atoms with E-state index in [2.05, 4.69) is 47.9 Å². The van der Waals surface area contributed by atoms with Crippen LogP contribution in [-0.4, -0.2) is 21.0 Å². The van der Waals surface area contributed by atoms with Crippen molar-refractivity contribution in [2.24, 2.45) is 28.6 Å². The zero-order chi connectivity index (χ0) is 22.8. The summed E-state index contributed by atoms with van der Waals surface area (Å²) in [4.78, 5) is 0. The molecule has 0 aliphatic heterocycles. The van der Waals surface area contributed by atoms with Crippen LogP contribution in [0.2, 0.25) is 0 Å². The van der Waals surface area contributed by atoms with Crippen LogP contribution in [0.15, 0.2) is 54.3 Å². The summed E-state index contributed by atoms with van der Waals surface area (Å²) in [6.45, 7) is 4.99. The maximum Gasteiger partial charge on any atom is 0.0991 e. The lowest BCUT2D eigenvalue weighted by atomic mass is 9.47. The Kier molecular flexibility index (Phi) is 4.72. The van der Waals surface area contributed by atoms with Gasteiger partial charge in [0.25, 0.3) is 0 Å². The van der Waals surface area contributed by atoms with Gasteiger partial charge in [0, 0.05) is 0 Å². The van der Waals surface area contributed by atoms with Crippen LogP contribution in [0.4, 0.5) is 0 Å².